The van der Waals surface area contributed by atoms with E-state index in [4.69, 9.17) is 5.26 Å². The highest BCUT2D eigenvalue weighted by molar-refractivity contribution is 5.69. The van der Waals surface area contributed by atoms with Crippen molar-refractivity contribution in [3.05, 3.63) is 53.8 Å². The van der Waals surface area contributed by atoms with E-state index in [0.29, 0.717) is 5.69 Å². The van der Waals surface area contributed by atoms with Gasteiger partial charge in [-0.1, -0.05) is 6.07 Å². The van der Waals surface area contributed by atoms with Gasteiger partial charge in [0, 0.05) is 25.5 Å². The minimum atomic E-state index is -0.413. The van der Waals surface area contributed by atoms with Crippen LogP contribution in [0.1, 0.15) is 5.56 Å². The third-order valence-corrected chi connectivity index (χ3v) is 2.74. The first kappa shape index (κ1) is 12.9. The minimum absolute atomic E-state index is 0.287. The van der Waals surface area contributed by atoms with Crippen LogP contribution < -0.4 is 10.2 Å². The summed E-state index contributed by atoms with van der Waals surface area (Å²) in [6.07, 6.45) is 0. The van der Waals surface area contributed by atoms with E-state index in [-0.39, 0.29) is 5.56 Å². The molecule has 0 atom stereocenters. The average molecular weight is 255 g/mol. The molecule has 0 aliphatic rings. The standard InChI is InChI=1S/C15H14FN3/c1-19(2)14-5-3-4-13(9-14)18-15-7-6-12(16)8-11(15)10-17/h3-9,18H,1-2H3. The van der Waals surface area contributed by atoms with Crippen LogP contribution in [-0.2, 0) is 0 Å². The number of halogens is 1. The van der Waals surface area contributed by atoms with Gasteiger partial charge in [0.1, 0.15) is 11.9 Å². The van der Waals surface area contributed by atoms with E-state index in [1.165, 1.54) is 12.1 Å². The van der Waals surface area contributed by atoms with Gasteiger partial charge < -0.3 is 10.2 Å². The zero-order valence-corrected chi connectivity index (χ0v) is 10.8. The van der Waals surface area contributed by atoms with Gasteiger partial charge in [0.05, 0.1) is 11.3 Å². The first-order valence-electron chi connectivity index (χ1n) is 5.84. The van der Waals surface area contributed by atoms with Gasteiger partial charge >= 0.3 is 0 Å². The summed E-state index contributed by atoms with van der Waals surface area (Å²) in [6, 6.07) is 13.9. The Hall–Kier alpha value is -2.54. The fourth-order valence-electron chi connectivity index (χ4n) is 1.74. The maximum atomic E-state index is 13.1. The summed E-state index contributed by atoms with van der Waals surface area (Å²) in [5.41, 5.74) is 2.79. The Morgan fingerprint density at radius 3 is 2.63 bits per heavy atom. The summed E-state index contributed by atoms with van der Waals surface area (Å²) < 4.78 is 13.1. The molecule has 0 unspecified atom stereocenters. The molecule has 1 N–H and O–H groups in total. The van der Waals surface area contributed by atoms with Crippen molar-refractivity contribution in [2.24, 2.45) is 0 Å². The second-order valence-electron chi connectivity index (χ2n) is 4.37. The lowest BCUT2D eigenvalue weighted by atomic mass is 10.1. The van der Waals surface area contributed by atoms with Crippen molar-refractivity contribution in [3.63, 3.8) is 0 Å². The number of nitrogens with one attached hydrogen (secondary N) is 1. The monoisotopic (exact) mass is 255 g/mol. The fraction of sp³-hybridized carbons (Fsp3) is 0.133. The molecular formula is C15H14FN3. The highest BCUT2D eigenvalue weighted by Gasteiger charge is 2.05. The summed E-state index contributed by atoms with van der Waals surface area (Å²) in [6.45, 7) is 0. The lowest BCUT2D eigenvalue weighted by molar-refractivity contribution is 0.627. The molecule has 3 nitrogen and oxygen atoms in total. The van der Waals surface area contributed by atoms with Crippen LogP contribution in [0.15, 0.2) is 42.5 Å². The molecule has 0 fully saturated rings. The average Bonchev–Trinajstić information content (AvgIpc) is 2.41. The zero-order chi connectivity index (χ0) is 13.8. The molecule has 0 heterocycles. The van der Waals surface area contributed by atoms with E-state index >= 15 is 0 Å². The Bertz CT molecular complexity index is 630. The van der Waals surface area contributed by atoms with E-state index in [1.54, 1.807) is 6.07 Å². The van der Waals surface area contributed by atoms with Gasteiger partial charge in [-0.25, -0.2) is 4.39 Å². The van der Waals surface area contributed by atoms with E-state index in [9.17, 15) is 4.39 Å². The fourth-order valence-corrected chi connectivity index (χ4v) is 1.74. The van der Waals surface area contributed by atoms with E-state index < -0.39 is 5.82 Å². The van der Waals surface area contributed by atoms with Crippen LogP contribution >= 0.6 is 0 Å². The van der Waals surface area contributed by atoms with Crippen LogP contribution in [-0.4, -0.2) is 14.1 Å². The van der Waals surface area contributed by atoms with Crippen molar-refractivity contribution < 1.29 is 4.39 Å². The van der Waals surface area contributed by atoms with Gasteiger partial charge in [-0.05, 0) is 36.4 Å². The Morgan fingerprint density at radius 2 is 1.95 bits per heavy atom. The largest absolute Gasteiger partial charge is 0.378 e. The molecular weight excluding hydrogens is 241 g/mol. The van der Waals surface area contributed by atoms with Crippen molar-refractivity contribution in [1.29, 1.82) is 5.26 Å². The van der Waals surface area contributed by atoms with E-state index in [0.717, 1.165) is 11.4 Å². The van der Waals surface area contributed by atoms with Gasteiger partial charge in [-0.3, -0.25) is 0 Å². The lowest BCUT2D eigenvalue weighted by Gasteiger charge is -2.15. The number of rotatable bonds is 3. The molecule has 0 saturated carbocycles. The molecule has 0 spiro atoms. The molecule has 0 bridgehead atoms. The number of nitriles is 1. The third-order valence-electron chi connectivity index (χ3n) is 2.74. The molecule has 0 aliphatic carbocycles. The Labute approximate surface area is 111 Å². The molecule has 0 aliphatic heterocycles. The molecule has 4 heteroatoms. The summed E-state index contributed by atoms with van der Waals surface area (Å²) in [7, 11) is 3.91. The maximum Gasteiger partial charge on any atom is 0.124 e. The number of nitrogens with zero attached hydrogens (tertiary/aromatic N) is 2. The number of anilines is 3. The van der Waals surface area contributed by atoms with Gasteiger partial charge in [-0.15, -0.1) is 0 Å². The van der Waals surface area contributed by atoms with Crippen LogP contribution in [0.3, 0.4) is 0 Å². The summed E-state index contributed by atoms with van der Waals surface area (Å²) in [5, 5.41) is 12.1. The van der Waals surface area contributed by atoms with Crippen LogP contribution in [0.5, 0.6) is 0 Å². The Kier molecular flexibility index (Phi) is 3.67. The molecule has 0 aromatic heterocycles. The molecule has 96 valence electrons. The van der Waals surface area contributed by atoms with Crippen molar-refractivity contribution in [2.75, 3.05) is 24.3 Å². The molecule has 0 radical (unpaired) electrons. The van der Waals surface area contributed by atoms with Crippen molar-refractivity contribution >= 4 is 17.1 Å². The molecule has 0 amide bonds. The number of hydrogen-bond donors (Lipinski definition) is 1. The van der Waals surface area contributed by atoms with Crippen LogP contribution in [0.25, 0.3) is 0 Å². The molecule has 19 heavy (non-hydrogen) atoms. The second kappa shape index (κ2) is 5.40. The summed E-state index contributed by atoms with van der Waals surface area (Å²) in [5.74, 6) is -0.413. The van der Waals surface area contributed by atoms with Crippen molar-refractivity contribution in [3.8, 4) is 6.07 Å². The summed E-state index contributed by atoms with van der Waals surface area (Å²) in [4.78, 5) is 1.99. The van der Waals surface area contributed by atoms with Gasteiger partial charge in [0.25, 0.3) is 0 Å². The molecule has 2 rings (SSSR count). The SMILES string of the molecule is CN(C)c1cccc(Nc2ccc(F)cc2C#N)c1. The second-order valence-corrected chi connectivity index (χ2v) is 4.37. The van der Waals surface area contributed by atoms with E-state index in [2.05, 4.69) is 5.32 Å². The van der Waals surface area contributed by atoms with Gasteiger partial charge in [0.2, 0.25) is 0 Å². The number of hydrogen-bond acceptors (Lipinski definition) is 3. The Morgan fingerprint density at radius 1 is 1.16 bits per heavy atom. The predicted molar refractivity (Wildman–Crippen MR) is 75.2 cm³/mol. The number of benzene rings is 2. The molecule has 2 aromatic rings. The smallest absolute Gasteiger partial charge is 0.124 e. The van der Waals surface area contributed by atoms with E-state index in [1.807, 2.05) is 49.3 Å². The third kappa shape index (κ3) is 3.02. The first-order valence-corrected chi connectivity index (χ1v) is 5.84. The Balaban J connectivity index is 2.31. The normalized spacial score (nSPS) is 9.79. The van der Waals surface area contributed by atoms with Gasteiger partial charge in [0.15, 0.2) is 0 Å². The van der Waals surface area contributed by atoms with Crippen molar-refractivity contribution in [2.45, 2.75) is 0 Å². The highest BCUT2D eigenvalue weighted by Crippen LogP contribution is 2.24. The molecule has 0 saturated heterocycles. The van der Waals surface area contributed by atoms with Crippen molar-refractivity contribution in [1.82, 2.24) is 0 Å². The molecule has 2 aromatic carbocycles. The van der Waals surface area contributed by atoms with Crippen LogP contribution in [0, 0.1) is 17.1 Å². The predicted octanol–water partition coefficient (Wildman–Crippen LogP) is 3.51. The van der Waals surface area contributed by atoms with Crippen LogP contribution in [0.2, 0.25) is 0 Å². The van der Waals surface area contributed by atoms with Gasteiger partial charge in [-0.2, -0.15) is 5.26 Å². The van der Waals surface area contributed by atoms with Crippen LogP contribution in [0.4, 0.5) is 21.5 Å². The highest BCUT2D eigenvalue weighted by atomic mass is 19.1. The quantitative estimate of drug-likeness (QED) is 0.912. The first-order chi connectivity index (χ1) is 9.10. The zero-order valence-electron chi connectivity index (χ0n) is 10.8. The minimum Gasteiger partial charge on any atom is -0.378 e. The topological polar surface area (TPSA) is 39.1 Å². The maximum absolute atomic E-state index is 13.1. The lowest BCUT2D eigenvalue weighted by Crippen LogP contribution is -2.08. The summed E-state index contributed by atoms with van der Waals surface area (Å²) >= 11 is 0.